The first-order chi connectivity index (χ1) is 13.3. The van der Waals surface area contributed by atoms with Gasteiger partial charge < -0.3 is 4.90 Å². The van der Waals surface area contributed by atoms with Gasteiger partial charge in [0.15, 0.2) is 0 Å². The Morgan fingerprint density at radius 1 is 1.07 bits per heavy atom. The van der Waals surface area contributed by atoms with Gasteiger partial charge in [0.1, 0.15) is 0 Å². The average Bonchev–Trinajstić information content (AvgIpc) is 2.71. The standard InChI is InChI=1S/C25H29NO/c1-3-5-7-11-17-23-18-12-13-19-24(23)25(27)26(20-14-6-4-2)21-22-15-9-8-10-16-22/h4,8-10,12-13,15-16,18-19H,2-3,5-7,14,20-21H2,1H3. The van der Waals surface area contributed by atoms with Crippen LogP contribution in [-0.2, 0) is 6.54 Å². The number of benzene rings is 2. The number of hydrogen-bond acceptors (Lipinski definition) is 1. The van der Waals surface area contributed by atoms with Crippen molar-refractivity contribution in [3.63, 3.8) is 0 Å². The van der Waals surface area contributed by atoms with E-state index in [-0.39, 0.29) is 5.91 Å². The van der Waals surface area contributed by atoms with Crippen molar-refractivity contribution in [2.45, 2.75) is 45.6 Å². The summed E-state index contributed by atoms with van der Waals surface area (Å²) in [5, 5.41) is 0. The van der Waals surface area contributed by atoms with Gasteiger partial charge in [0, 0.05) is 25.1 Å². The van der Waals surface area contributed by atoms with E-state index in [1.54, 1.807) is 0 Å². The fraction of sp³-hybridized carbons (Fsp3) is 0.320. The SMILES string of the molecule is C=CCCCN(Cc1ccccc1)C(=O)c1ccccc1C#CCCCC. The first-order valence-corrected chi connectivity index (χ1v) is 9.78. The summed E-state index contributed by atoms with van der Waals surface area (Å²) in [4.78, 5) is 15.2. The summed E-state index contributed by atoms with van der Waals surface area (Å²) in [6.07, 6.45) is 6.79. The molecule has 2 heteroatoms. The molecular weight excluding hydrogens is 330 g/mol. The maximum absolute atomic E-state index is 13.3. The van der Waals surface area contributed by atoms with Gasteiger partial charge in [0.05, 0.1) is 5.56 Å². The van der Waals surface area contributed by atoms with Crippen molar-refractivity contribution >= 4 is 5.91 Å². The molecule has 0 bridgehead atoms. The zero-order valence-electron chi connectivity index (χ0n) is 16.3. The van der Waals surface area contributed by atoms with E-state index in [1.165, 1.54) is 0 Å². The molecule has 2 nitrogen and oxygen atoms in total. The van der Waals surface area contributed by atoms with E-state index >= 15 is 0 Å². The molecule has 0 atom stereocenters. The van der Waals surface area contributed by atoms with Gasteiger partial charge in [-0.2, -0.15) is 0 Å². The maximum Gasteiger partial charge on any atom is 0.255 e. The van der Waals surface area contributed by atoms with E-state index in [4.69, 9.17) is 0 Å². The highest BCUT2D eigenvalue weighted by Crippen LogP contribution is 2.15. The zero-order chi connectivity index (χ0) is 19.3. The average molecular weight is 360 g/mol. The van der Waals surface area contributed by atoms with Gasteiger partial charge in [-0.3, -0.25) is 4.79 Å². The van der Waals surface area contributed by atoms with E-state index in [0.29, 0.717) is 18.7 Å². The van der Waals surface area contributed by atoms with Crippen LogP contribution in [-0.4, -0.2) is 17.4 Å². The van der Waals surface area contributed by atoms with Crippen LogP contribution in [0.15, 0.2) is 67.3 Å². The minimum absolute atomic E-state index is 0.0447. The molecule has 0 radical (unpaired) electrons. The number of carbonyl (C=O) groups is 1. The highest BCUT2D eigenvalue weighted by molar-refractivity contribution is 5.96. The molecule has 0 aliphatic rings. The second kappa shape index (κ2) is 11.8. The highest BCUT2D eigenvalue weighted by atomic mass is 16.2. The summed E-state index contributed by atoms with van der Waals surface area (Å²) in [5.74, 6) is 6.45. The maximum atomic E-state index is 13.3. The summed E-state index contributed by atoms with van der Waals surface area (Å²) in [7, 11) is 0. The van der Waals surface area contributed by atoms with Crippen molar-refractivity contribution in [1.29, 1.82) is 0 Å². The Bertz CT molecular complexity index is 783. The third kappa shape index (κ3) is 6.79. The first-order valence-electron chi connectivity index (χ1n) is 9.78. The van der Waals surface area contributed by atoms with Crippen LogP contribution in [0.25, 0.3) is 0 Å². The molecule has 2 rings (SSSR count). The summed E-state index contributed by atoms with van der Waals surface area (Å²) in [6, 6.07) is 17.8. The molecule has 0 aromatic heterocycles. The Balaban J connectivity index is 2.22. The summed E-state index contributed by atoms with van der Waals surface area (Å²) >= 11 is 0. The fourth-order valence-electron chi connectivity index (χ4n) is 2.85. The third-order valence-electron chi connectivity index (χ3n) is 4.38. The lowest BCUT2D eigenvalue weighted by Gasteiger charge is -2.23. The van der Waals surface area contributed by atoms with Crippen molar-refractivity contribution in [3.8, 4) is 11.8 Å². The Kier molecular flexibility index (Phi) is 8.93. The molecule has 0 unspecified atom stereocenters. The molecule has 140 valence electrons. The molecule has 1 amide bonds. The third-order valence-corrected chi connectivity index (χ3v) is 4.38. The second-order valence-corrected chi connectivity index (χ2v) is 6.59. The minimum Gasteiger partial charge on any atom is -0.334 e. The summed E-state index contributed by atoms with van der Waals surface area (Å²) in [6.45, 7) is 7.25. The first kappa shape index (κ1) is 20.5. The predicted octanol–water partition coefficient (Wildman–Crippen LogP) is 5.84. The summed E-state index contributed by atoms with van der Waals surface area (Å²) in [5.41, 5.74) is 2.65. The number of nitrogens with zero attached hydrogens (tertiary/aromatic N) is 1. The molecule has 0 heterocycles. The van der Waals surface area contributed by atoms with Gasteiger partial charge in [0.25, 0.3) is 5.91 Å². The van der Waals surface area contributed by atoms with Crippen LogP contribution in [0.4, 0.5) is 0 Å². The minimum atomic E-state index is 0.0447. The molecule has 27 heavy (non-hydrogen) atoms. The van der Waals surface area contributed by atoms with Crippen molar-refractivity contribution in [3.05, 3.63) is 83.9 Å². The molecule has 0 aliphatic carbocycles. The molecule has 0 saturated carbocycles. The molecule has 2 aromatic carbocycles. The number of rotatable bonds is 9. The van der Waals surface area contributed by atoms with Crippen LogP contribution in [0.3, 0.4) is 0 Å². The van der Waals surface area contributed by atoms with E-state index in [9.17, 15) is 4.79 Å². The molecule has 0 aliphatic heterocycles. The number of allylic oxidation sites excluding steroid dienone is 1. The second-order valence-electron chi connectivity index (χ2n) is 6.59. The van der Waals surface area contributed by atoms with Crippen molar-refractivity contribution < 1.29 is 4.79 Å². The van der Waals surface area contributed by atoms with E-state index in [2.05, 4.69) is 37.5 Å². The number of carbonyl (C=O) groups excluding carboxylic acids is 1. The van der Waals surface area contributed by atoms with E-state index < -0.39 is 0 Å². The van der Waals surface area contributed by atoms with E-state index in [0.717, 1.165) is 43.2 Å². The van der Waals surface area contributed by atoms with Gasteiger partial charge in [-0.1, -0.05) is 73.7 Å². The van der Waals surface area contributed by atoms with Crippen molar-refractivity contribution in [2.24, 2.45) is 0 Å². The number of hydrogen-bond donors (Lipinski definition) is 0. The molecular formula is C25H29NO. The van der Waals surface area contributed by atoms with Crippen LogP contribution in [0.1, 0.15) is 60.5 Å². The predicted molar refractivity (Wildman–Crippen MR) is 113 cm³/mol. The largest absolute Gasteiger partial charge is 0.334 e. The quantitative estimate of drug-likeness (QED) is 0.313. The fourth-order valence-corrected chi connectivity index (χ4v) is 2.85. The highest BCUT2D eigenvalue weighted by Gasteiger charge is 2.18. The Hall–Kier alpha value is -2.79. The summed E-state index contributed by atoms with van der Waals surface area (Å²) < 4.78 is 0. The Morgan fingerprint density at radius 3 is 2.56 bits per heavy atom. The van der Waals surface area contributed by atoms with Crippen LogP contribution in [0.2, 0.25) is 0 Å². The lowest BCUT2D eigenvalue weighted by molar-refractivity contribution is 0.0741. The van der Waals surface area contributed by atoms with Crippen molar-refractivity contribution in [2.75, 3.05) is 6.54 Å². The van der Waals surface area contributed by atoms with Crippen LogP contribution >= 0.6 is 0 Å². The molecule has 0 fully saturated rings. The number of unbranched alkanes of at least 4 members (excludes halogenated alkanes) is 3. The van der Waals surface area contributed by atoms with Crippen LogP contribution in [0, 0.1) is 11.8 Å². The molecule has 2 aromatic rings. The lowest BCUT2D eigenvalue weighted by Crippen LogP contribution is -2.32. The Labute approximate surface area is 163 Å². The van der Waals surface area contributed by atoms with Gasteiger partial charge in [-0.25, -0.2) is 0 Å². The van der Waals surface area contributed by atoms with Crippen LogP contribution < -0.4 is 0 Å². The molecule has 0 saturated heterocycles. The smallest absolute Gasteiger partial charge is 0.255 e. The van der Waals surface area contributed by atoms with Crippen molar-refractivity contribution in [1.82, 2.24) is 4.90 Å². The van der Waals surface area contributed by atoms with Gasteiger partial charge >= 0.3 is 0 Å². The monoisotopic (exact) mass is 359 g/mol. The van der Waals surface area contributed by atoms with Crippen LogP contribution in [0.5, 0.6) is 0 Å². The normalized spacial score (nSPS) is 9.96. The lowest BCUT2D eigenvalue weighted by atomic mass is 10.1. The number of amides is 1. The van der Waals surface area contributed by atoms with Gasteiger partial charge in [-0.05, 0) is 37.0 Å². The van der Waals surface area contributed by atoms with Gasteiger partial charge in [-0.15, -0.1) is 6.58 Å². The Morgan fingerprint density at radius 2 is 1.81 bits per heavy atom. The molecule has 0 spiro atoms. The van der Waals surface area contributed by atoms with Gasteiger partial charge in [0.2, 0.25) is 0 Å². The molecule has 0 N–H and O–H groups in total. The zero-order valence-corrected chi connectivity index (χ0v) is 16.3. The topological polar surface area (TPSA) is 20.3 Å². The van der Waals surface area contributed by atoms with E-state index in [1.807, 2.05) is 53.4 Å².